The molecular weight excluding hydrogens is 340 g/mol. The predicted molar refractivity (Wildman–Crippen MR) is 107 cm³/mol. The molecule has 2 aromatic carbocycles. The summed E-state index contributed by atoms with van der Waals surface area (Å²) in [6, 6.07) is 14.7. The number of hydrogen-bond donors (Lipinski definition) is 3. The van der Waals surface area contributed by atoms with Gasteiger partial charge in [-0.1, -0.05) is 50.2 Å². The zero-order valence-corrected chi connectivity index (χ0v) is 16.0. The predicted octanol–water partition coefficient (Wildman–Crippen LogP) is 2.63. The summed E-state index contributed by atoms with van der Waals surface area (Å²) < 4.78 is 0. The molecule has 0 saturated heterocycles. The van der Waals surface area contributed by atoms with Crippen molar-refractivity contribution in [1.29, 1.82) is 0 Å². The highest BCUT2D eigenvalue weighted by Crippen LogP contribution is 2.12. The van der Waals surface area contributed by atoms with E-state index in [4.69, 9.17) is 5.73 Å². The van der Waals surface area contributed by atoms with Crippen molar-refractivity contribution in [3.8, 4) is 0 Å². The van der Waals surface area contributed by atoms with Crippen LogP contribution in [0.25, 0.3) is 0 Å². The Bertz CT molecular complexity index is 755. The molecule has 0 fully saturated rings. The van der Waals surface area contributed by atoms with Crippen LogP contribution in [0, 0.1) is 0 Å². The molecule has 0 aromatic heterocycles. The van der Waals surface area contributed by atoms with E-state index in [1.165, 1.54) is 5.56 Å². The highest BCUT2D eigenvalue weighted by Gasteiger charge is 2.09. The first-order valence-electron chi connectivity index (χ1n) is 9.23. The number of nitrogens with one attached hydrogen (secondary N) is 2. The Hall–Kier alpha value is -2.86. The summed E-state index contributed by atoms with van der Waals surface area (Å²) in [7, 11) is 0. The monoisotopic (exact) mass is 368 g/mol. The zero-order chi connectivity index (χ0) is 19.6. The lowest BCUT2D eigenvalue weighted by atomic mass is 10.1. The highest BCUT2D eigenvalue weighted by atomic mass is 16.2. The van der Waals surface area contributed by atoms with Gasteiger partial charge in [0.25, 0.3) is 5.91 Å². The number of carbonyl (C=O) groups is 2. The Morgan fingerprint density at radius 1 is 0.889 bits per heavy atom. The number of primary amides is 1. The first-order chi connectivity index (χ1) is 13.0. The fourth-order valence-electron chi connectivity index (χ4n) is 2.81. The SMILES string of the molecule is CCN(CC)Cc1ccccc1CNC(=O)c1ccc(CNC(N)=O)cc1. The molecule has 0 atom stereocenters. The number of nitrogens with zero attached hydrogens (tertiary/aromatic N) is 1. The minimum Gasteiger partial charge on any atom is -0.352 e. The standard InChI is InChI=1S/C21H28N4O2/c1-3-25(4-2)15-19-8-6-5-7-18(19)14-23-20(26)17-11-9-16(10-12-17)13-24-21(22)27/h5-12H,3-4,13-15H2,1-2H3,(H,23,26)(H3,22,24,27). The van der Waals surface area contributed by atoms with Gasteiger partial charge in [-0.05, 0) is 41.9 Å². The van der Waals surface area contributed by atoms with Crippen LogP contribution >= 0.6 is 0 Å². The largest absolute Gasteiger partial charge is 0.352 e. The van der Waals surface area contributed by atoms with E-state index in [0.717, 1.165) is 30.8 Å². The number of urea groups is 1. The molecule has 27 heavy (non-hydrogen) atoms. The van der Waals surface area contributed by atoms with Gasteiger partial charge in [0.2, 0.25) is 0 Å². The fourth-order valence-corrected chi connectivity index (χ4v) is 2.81. The third kappa shape index (κ3) is 6.42. The molecule has 6 heteroatoms. The zero-order valence-electron chi connectivity index (χ0n) is 16.0. The van der Waals surface area contributed by atoms with Crippen molar-refractivity contribution < 1.29 is 9.59 Å². The summed E-state index contributed by atoms with van der Waals surface area (Å²) in [5.74, 6) is -0.123. The Labute approximate surface area is 160 Å². The molecule has 0 aliphatic rings. The van der Waals surface area contributed by atoms with E-state index < -0.39 is 6.03 Å². The van der Waals surface area contributed by atoms with Crippen LogP contribution < -0.4 is 16.4 Å². The van der Waals surface area contributed by atoms with E-state index in [2.05, 4.69) is 41.5 Å². The van der Waals surface area contributed by atoms with Crippen LogP contribution in [0.1, 0.15) is 40.9 Å². The average Bonchev–Trinajstić information content (AvgIpc) is 2.69. The summed E-state index contributed by atoms with van der Waals surface area (Å²) in [6.45, 7) is 7.99. The summed E-state index contributed by atoms with van der Waals surface area (Å²) in [5.41, 5.74) is 8.88. The van der Waals surface area contributed by atoms with Crippen molar-refractivity contribution in [3.63, 3.8) is 0 Å². The molecule has 0 spiro atoms. The van der Waals surface area contributed by atoms with E-state index in [1.54, 1.807) is 24.3 Å². The average molecular weight is 368 g/mol. The molecule has 0 radical (unpaired) electrons. The number of amides is 3. The molecule has 0 bridgehead atoms. The second-order valence-corrected chi connectivity index (χ2v) is 6.33. The van der Waals surface area contributed by atoms with Crippen LogP contribution in [0.3, 0.4) is 0 Å². The summed E-state index contributed by atoms with van der Waals surface area (Å²) in [6.07, 6.45) is 0. The summed E-state index contributed by atoms with van der Waals surface area (Å²) in [5, 5.41) is 5.51. The lowest BCUT2D eigenvalue weighted by molar-refractivity contribution is 0.0950. The molecule has 0 aliphatic carbocycles. The van der Waals surface area contributed by atoms with Gasteiger partial charge in [0, 0.05) is 25.2 Å². The van der Waals surface area contributed by atoms with Crippen molar-refractivity contribution in [2.75, 3.05) is 13.1 Å². The van der Waals surface area contributed by atoms with E-state index in [0.29, 0.717) is 18.7 Å². The molecule has 0 saturated carbocycles. The smallest absolute Gasteiger partial charge is 0.312 e. The van der Waals surface area contributed by atoms with Gasteiger partial charge in [-0.2, -0.15) is 0 Å². The van der Waals surface area contributed by atoms with Gasteiger partial charge < -0.3 is 16.4 Å². The lowest BCUT2D eigenvalue weighted by Crippen LogP contribution is -2.28. The number of carbonyl (C=O) groups excluding carboxylic acids is 2. The summed E-state index contributed by atoms with van der Waals surface area (Å²) >= 11 is 0. The second kappa shape index (κ2) is 10.3. The van der Waals surface area contributed by atoms with E-state index >= 15 is 0 Å². The molecule has 3 amide bonds. The van der Waals surface area contributed by atoms with Crippen LogP contribution in [0.2, 0.25) is 0 Å². The molecule has 0 heterocycles. The van der Waals surface area contributed by atoms with Crippen LogP contribution in [0.15, 0.2) is 48.5 Å². The van der Waals surface area contributed by atoms with Gasteiger partial charge in [-0.25, -0.2) is 4.79 Å². The molecular formula is C21H28N4O2. The maximum absolute atomic E-state index is 12.4. The van der Waals surface area contributed by atoms with Crippen molar-refractivity contribution >= 4 is 11.9 Å². The Balaban J connectivity index is 1.96. The molecule has 2 aromatic rings. The second-order valence-electron chi connectivity index (χ2n) is 6.33. The Morgan fingerprint density at radius 2 is 1.52 bits per heavy atom. The molecule has 0 aliphatic heterocycles. The Morgan fingerprint density at radius 3 is 2.11 bits per heavy atom. The van der Waals surface area contributed by atoms with Crippen molar-refractivity contribution in [3.05, 3.63) is 70.8 Å². The van der Waals surface area contributed by atoms with Crippen LogP contribution in [0.4, 0.5) is 4.79 Å². The van der Waals surface area contributed by atoms with Gasteiger partial charge >= 0.3 is 6.03 Å². The molecule has 0 unspecified atom stereocenters. The maximum atomic E-state index is 12.4. The third-order valence-electron chi connectivity index (χ3n) is 4.53. The minimum absolute atomic E-state index is 0.123. The number of hydrogen-bond acceptors (Lipinski definition) is 3. The molecule has 4 N–H and O–H groups in total. The lowest BCUT2D eigenvalue weighted by Gasteiger charge is -2.20. The normalized spacial score (nSPS) is 10.6. The van der Waals surface area contributed by atoms with Crippen molar-refractivity contribution in [1.82, 2.24) is 15.5 Å². The third-order valence-corrected chi connectivity index (χ3v) is 4.53. The first kappa shape index (κ1) is 20.5. The quantitative estimate of drug-likeness (QED) is 0.636. The topological polar surface area (TPSA) is 87.5 Å². The van der Waals surface area contributed by atoms with E-state index in [9.17, 15) is 9.59 Å². The van der Waals surface area contributed by atoms with E-state index in [1.807, 2.05) is 12.1 Å². The van der Waals surface area contributed by atoms with Crippen LogP contribution in [-0.4, -0.2) is 29.9 Å². The van der Waals surface area contributed by atoms with Crippen molar-refractivity contribution in [2.45, 2.75) is 33.5 Å². The van der Waals surface area contributed by atoms with Gasteiger partial charge in [-0.3, -0.25) is 9.69 Å². The van der Waals surface area contributed by atoms with Crippen LogP contribution in [0.5, 0.6) is 0 Å². The summed E-state index contributed by atoms with van der Waals surface area (Å²) in [4.78, 5) is 25.5. The molecule has 2 rings (SSSR count). The number of rotatable bonds is 9. The van der Waals surface area contributed by atoms with Crippen LogP contribution in [-0.2, 0) is 19.6 Å². The maximum Gasteiger partial charge on any atom is 0.312 e. The minimum atomic E-state index is -0.569. The number of benzene rings is 2. The fraction of sp³-hybridized carbons (Fsp3) is 0.333. The van der Waals surface area contributed by atoms with Gasteiger partial charge in [0.05, 0.1) is 0 Å². The van der Waals surface area contributed by atoms with E-state index in [-0.39, 0.29) is 5.91 Å². The Kier molecular flexibility index (Phi) is 7.82. The molecule has 6 nitrogen and oxygen atoms in total. The van der Waals surface area contributed by atoms with Crippen molar-refractivity contribution in [2.24, 2.45) is 5.73 Å². The first-order valence-corrected chi connectivity index (χ1v) is 9.23. The van der Waals surface area contributed by atoms with Gasteiger partial charge in [0.15, 0.2) is 0 Å². The molecule has 144 valence electrons. The van der Waals surface area contributed by atoms with Gasteiger partial charge in [0.1, 0.15) is 0 Å². The van der Waals surface area contributed by atoms with Gasteiger partial charge in [-0.15, -0.1) is 0 Å². The highest BCUT2D eigenvalue weighted by molar-refractivity contribution is 5.94. The number of nitrogens with two attached hydrogens (primary N) is 1.